The van der Waals surface area contributed by atoms with Crippen LogP contribution in [0.15, 0.2) is 0 Å². The van der Waals surface area contributed by atoms with Gasteiger partial charge in [-0.1, -0.05) is 26.7 Å². The quantitative estimate of drug-likeness (QED) is 0.687. The molecule has 2 fully saturated rings. The summed E-state index contributed by atoms with van der Waals surface area (Å²) in [5.74, 6) is 2.95. The van der Waals surface area contributed by atoms with Gasteiger partial charge in [0.15, 0.2) is 0 Å². The van der Waals surface area contributed by atoms with E-state index in [0.717, 1.165) is 17.8 Å². The van der Waals surface area contributed by atoms with Crippen molar-refractivity contribution in [2.24, 2.45) is 17.8 Å². The van der Waals surface area contributed by atoms with Crippen LogP contribution in [0.25, 0.3) is 0 Å². The number of hydrogen-bond acceptors (Lipinski definition) is 1. The topological polar surface area (TPSA) is 3.24 Å². The molecule has 0 unspecified atom stereocenters. The number of hydrogen-bond donors (Lipinski definition) is 0. The molecule has 15 heavy (non-hydrogen) atoms. The molecule has 0 N–H and O–H groups in total. The molecule has 88 valence electrons. The third-order valence-electron chi connectivity index (χ3n) is 4.57. The first-order valence-corrected chi connectivity index (χ1v) is 6.98. The van der Waals surface area contributed by atoms with E-state index in [4.69, 9.17) is 0 Å². The minimum atomic E-state index is 0.902. The SMILES string of the molecule is CC(C)C1CCN(CC2CCCC2)CC1. The van der Waals surface area contributed by atoms with Gasteiger partial charge >= 0.3 is 0 Å². The highest BCUT2D eigenvalue weighted by molar-refractivity contribution is 4.77. The molecule has 1 nitrogen and oxygen atoms in total. The molecule has 1 saturated heterocycles. The highest BCUT2D eigenvalue weighted by Gasteiger charge is 2.24. The third-order valence-corrected chi connectivity index (χ3v) is 4.57. The van der Waals surface area contributed by atoms with Crippen LogP contribution in [0.2, 0.25) is 0 Å². The average Bonchev–Trinajstić information content (AvgIpc) is 2.71. The van der Waals surface area contributed by atoms with Crippen LogP contribution in [0.5, 0.6) is 0 Å². The second-order valence-corrected chi connectivity index (χ2v) is 6.03. The van der Waals surface area contributed by atoms with Gasteiger partial charge in [0.2, 0.25) is 0 Å². The van der Waals surface area contributed by atoms with E-state index >= 15 is 0 Å². The fourth-order valence-corrected chi connectivity index (χ4v) is 3.36. The van der Waals surface area contributed by atoms with Crippen molar-refractivity contribution >= 4 is 0 Å². The van der Waals surface area contributed by atoms with Crippen LogP contribution < -0.4 is 0 Å². The van der Waals surface area contributed by atoms with Gasteiger partial charge in [-0.05, 0) is 56.5 Å². The van der Waals surface area contributed by atoms with E-state index < -0.39 is 0 Å². The second kappa shape index (κ2) is 5.34. The molecule has 1 aliphatic heterocycles. The summed E-state index contributed by atoms with van der Waals surface area (Å²) in [6.45, 7) is 8.93. The maximum Gasteiger partial charge on any atom is 0.000966 e. The number of rotatable bonds is 3. The van der Waals surface area contributed by atoms with Gasteiger partial charge in [-0.2, -0.15) is 0 Å². The lowest BCUT2D eigenvalue weighted by Crippen LogP contribution is -2.37. The van der Waals surface area contributed by atoms with Gasteiger partial charge in [0.25, 0.3) is 0 Å². The van der Waals surface area contributed by atoms with Gasteiger partial charge in [0, 0.05) is 6.54 Å². The lowest BCUT2D eigenvalue weighted by molar-refractivity contribution is 0.140. The Hall–Kier alpha value is -0.0400. The summed E-state index contributed by atoms with van der Waals surface area (Å²) in [5, 5.41) is 0. The summed E-state index contributed by atoms with van der Waals surface area (Å²) in [5.41, 5.74) is 0. The Balaban J connectivity index is 1.68. The minimum absolute atomic E-state index is 0.902. The molecule has 0 atom stereocenters. The Morgan fingerprint density at radius 2 is 1.60 bits per heavy atom. The molecule has 1 aliphatic carbocycles. The normalized spacial score (nSPS) is 26.6. The van der Waals surface area contributed by atoms with Crippen LogP contribution in [0.4, 0.5) is 0 Å². The lowest BCUT2D eigenvalue weighted by atomic mass is 9.86. The van der Waals surface area contributed by atoms with Gasteiger partial charge in [-0.25, -0.2) is 0 Å². The highest BCUT2D eigenvalue weighted by Crippen LogP contribution is 2.29. The Kier molecular flexibility index (Phi) is 4.07. The Morgan fingerprint density at radius 3 is 2.13 bits per heavy atom. The molecule has 0 spiro atoms. The summed E-state index contributed by atoms with van der Waals surface area (Å²) in [7, 11) is 0. The molecule has 1 heterocycles. The van der Waals surface area contributed by atoms with Gasteiger partial charge in [-0.15, -0.1) is 0 Å². The summed E-state index contributed by atoms with van der Waals surface area (Å²) in [4.78, 5) is 2.73. The zero-order valence-corrected chi connectivity index (χ0v) is 10.5. The molecule has 0 aromatic heterocycles. The fourth-order valence-electron chi connectivity index (χ4n) is 3.36. The number of piperidine rings is 1. The summed E-state index contributed by atoms with van der Waals surface area (Å²) in [6, 6.07) is 0. The van der Waals surface area contributed by atoms with E-state index in [-0.39, 0.29) is 0 Å². The van der Waals surface area contributed by atoms with E-state index in [1.807, 2.05) is 0 Å². The largest absolute Gasteiger partial charge is 0.303 e. The van der Waals surface area contributed by atoms with Crippen molar-refractivity contribution < 1.29 is 0 Å². The molecule has 0 bridgehead atoms. The first-order valence-electron chi connectivity index (χ1n) is 6.98. The Labute approximate surface area is 95.2 Å². The molecule has 0 aromatic rings. The first-order chi connectivity index (χ1) is 7.25. The maximum atomic E-state index is 2.73. The Morgan fingerprint density at radius 1 is 1.00 bits per heavy atom. The van der Waals surface area contributed by atoms with Gasteiger partial charge in [0.1, 0.15) is 0 Å². The number of nitrogens with zero attached hydrogens (tertiary/aromatic N) is 1. The standard InChI is InChI=1S/C14H27N/c1-12(2)14-7-9-15(10-8-14)11-13-5-3-4-6-13/h12-14H,3-11H2,1-2H3. The van der Waals surface area contributed by atoms with Crippen molar-refractivity contribution in [1.82, 2.24) is 4.90 Å². The molecule has 2 aliphatic rings. The van der Waals surface area contributed by atoms with Crippen LogP contribution in [0, 0.1) is 17.8 Å². The van der Waals surface area contributed by atoms with E-state index in [0.29, 0.717) is 0 Å². The van der Waals surface area contributed by atoms with Crippen molar-refractivity contribution in [3.8, 4) is 0 Å². The van der Waals surface area contributed by atoms with Crippen LogP contribution in [0.3, 0.4) is 0 Å². The van der Waals surface area contributed by atoms with Gasteiger partial charge in [-0.3, -0.25) is 0 Å². The monoisotopic (exact) mass is 209 g/mol. The third kappa shape index (κ3) is 3.21. The van der Waals surface area contributed by atoms with Crippen molar-refractivity contribution in [2.75, 3.05) is 19.6 Å². The Bertz CT molecular complexity index is 174. The van der Waals surface area contributed by atoms with Crippen LogP contribution in [-0.2, 0) is 0 Å². The minimum Gasteiger partial charge on any atom is -0.303 e. The maximum absolute atomic E-state index is 2.73. The summed E-state index contributed by atoms with van der Waals surface area (Å²) in [6.07, 6.45) is 8.89. The molecule has 0 aromatic carbocycles. The molecule has 2 rings (SSSR count). The van der Waals surface area contributed by atoms with E-state index in [1.54, 1.807) is 0 Å². The van der Waals surface area contributed by atoms with Crippen molar-refractivity contribution in [1.29, 1.82) is 0 Å². The van der Waals surface area contributed by atoms with E-state index in [1.165, 1.54) is 58.2 Å². The van der Waals surface area contributed by atoms with Crippen molar-refractivity contribution in [3.63, 3.8) is 0 Å². The smallest absolute Gasteiger partial charge is 0.000966 e. The summed E-state index contributed by atoms with van der Waals surface area (Å²) >= 11 is 0. The second-order valence-electron chi connectivity index (χ2n) is 6.03. The summed E-state index contributed by atoms with van der Waals surface area (Å²) < 4.78 is 0. The molecule has 1 saturated carbocycles. The first kappa shape index (κ1) is 11.4. The van der Waals surface area contributed by atoms with Crippen LogP contribution in [-0.4, -0.2) is 24.5 Å². The van der Waals surface area contributed by atoms with Crippen molar-refractivity contribution in [2.45, 2.75) is 52.4 Å². The molecule has 1 heteroatoms. The molecule has 0 amide bonds. The van der Waals surface area contributed by atoms with Crippen molar-refractivity contribution in [3.05, 3.63) is 0 Å². The van der Waals surface area contributed by atoms with Crippen LogP contribution in [0.1, 0.15) is 52.4 Å². The van der Waals surface area contributed by atoms with Crippen LogP contribution >= 0.6 is 0 Å². The van der Waals surface area contributed by atoms with Gasteiger partial charge in [0.05, 0.1) is 0 Å². The molecule has 0 radical (unpaired) electrons. The van der Waals surface area contributed by atoms with E-state index in [9.17, 15) is 0 Å². The van der Waals surface area contributed by atoms with Gasteiger partial charge < -0.3 is 4.90 Å². The zero-order valence-electron chi connectivity index (χ0n) is 10.5. The lowest BCUT2D eigenvalue weighted by Gasteiger charge is -2.35. The zero-order chi connectivity index (χ0) is 10.7. The molecular weight excluding hydrogens is 182 g/mol. The molecular formula is C14H27N. The highest BCUT2D eigenvalue weighted by atomic mass is 15.1. The van der Waals surface area contributed by atoms with E-state index in [2.05, 4.69) is 18.7 Å². The number of likely N-dealkylation sites (tertiary alicyclic amines) is 1. The average molecular weight is 209 g/mol. The fraction of sp³-hybridized carbons (Fsp3) is 1.00. The predicted octanol–water partition coefficient (Wildman–Crippen LogP) is 3.54. The predicted molar refractivity (Wildman–Crippen MR) is 66.0 cm³/mol.